The second kappa shape index (κ2) is 5.92. The first kappa shape index (κ1) is 17.0. The first-order valence-corrected chi connectivity index (χ1v) is 9.57. The normalized spacial score (nSPS) is 19.5. The Morgan fingerprint density at radius 2 is 1.61 bits per heavy atom. The maximum atomic E-state index is 12.9. The van der Waals surface area contributed by atoms with Crippen LogP contribution in [0.4, 0.5) is 5.69 Å². The van der Waals surface area contributed by atoms with E-state index in [-0.39, 0.29) is 17.4 Å². The number of fused-ring (bicyclic) bond motifs is 2. The Kier molecular flexibility index (Phi) is 3.59. The van der Waals surface area contributed by atoms with E-state index in [4.69, 9.17) is 4.74 Å². The van der Waals surface area contributed by atoms with E-state index in [1.165, 1.54) is 11.0 Å². The first-order valence-electron chi connectivity index (χ1n) is 9.57. The van der Waals surface area contributed by atoms with Crippen molar-refractivity contribution in [3.8, 4) is 5.75 Å². The van der Waals surface area contributed by atoms with Crippen molar-refractivity contribution in [3.05, 3.63) is 58.7 Å². The predicted octanol–water partition coefficient (Wildman–Crippen LogP) is 3.82. The molecule has 142 valence electrons. The fraction of sp³-hybridized carbons (Fsp3) is 0.318. The number of imide groups is 1. The van der Waals surface area contributed by atoms with Crippen molar-refractivity contribution < 1.29 is 24.2 Å². The molecule has 0 radical (unpaired) electrons. The molecule has 6 heteroatoms. The number of aromatic carboxylic acids is 1. The lowest BCUT2D eigenvalue weighted by atomic mass is 9.81. The van der Waals surface area contributed by atoms with Crippen LogP contribution in [0.1, 0.15) is 68.7 Å². The summed E-state index contributed by atoms with van der Waals surface area (Å²) in [6.45, 7) is 0. The molecule has 0 bridgehead atoms. The van der Waals surface area contributed by atoms with Crippen LogP contribution in [0.2, 0.25) is 0 Å². The van der Waals surface area contributed by atoms with Gasteiger partial charge in [0.15, 0.2) is 0 Å². The quantitative estimate of drug-likeness (QED) is 0.805. The van der Waals surface area contributed by atoms with Gasteiger partial charge in [-0.25, -0.2) is 9.69 Å². The highest BCUT2D eigenvalue weighted by Crippen LogP contribution is 2.49. The standard InChI is InChI=1S/C22H19NO5/c24-19-13-6-2-3-7-14(13)20(25)23(19)17-9-8-15(21(26)27)18-16(17)12-22(28-18)10-4-1-5-11-22/h2-3,6-9H,1,4-5,10-12H2,(H,26,27). The molecule has 28 heavy (non-hydrogen) atoms. The summed E-state index contributed by atoms with van der Waals surface area (Å²) in [5.41, 5.74) is 1.48. The SMILES string of the molecule is O=C(O)c1ccc(N2C(=O)c3ccccc3C2=O)c2c1OC1(CCCCC1)C2. The Morgan fingerprint density at radius 3 is 2.21 bits per heavy atom. The fourth-order valence-electron chi connectivity index (χ4n) is 4.74. The Hall–Kier alpha value is -3.15. The van der Waals surface area contributed by atoms with Gasteiger partial charge in [0.25, 0.3) is 11.8 Å². The van der Waals surface area contributed by atoms with Gasteiger partial charge in [-0.1, -0.05) is 18.6 Å². The molecule has 6 nitrogen and oxygen atoms in total. The second-order valence-corrected chi connectivity index (χ2v) is 7.76. The van der Waals surface area contributed by atoms with Crippen molar-refractivity contribution in [3.63, 3.8) is 0 Å². The second-order valence-electron chi connectivity index (χ2n) is 7.76. The van der Waals surface area contributed by atoms with Gasteiger partial charge in [-0.15, -0.1) is 0 Å². The topological polar surface area (TPSA) is 83.9 Å². The molecule has 1 fully saturated rings. The molecule has 1 aliphatic carbocycles. The Balaban J connectivity index is 1.64. The number of carboxylic acid groups (broad SMARTS) is 1. The number of carbonyl (C=O) groups is 3. The van der Waals surface area contributed by atoms with E-state index in [1.54, 1.807) is 30.3 Å². The summed E-state index contributed by atoms with van der Waals surface area (Å²) in [7, 11) is 0. The van der Waals surface area contributed by atoms with Crippen LogP contribution >= 0.6 is 0 Å². The van der Waals surface area contributed by atoms with Gasteiger partial charge < -0.3 is 9.84 Å². The third kappa shape index (κ3) is 2.30. The molecule has 1 saturated carbocycles. The summed E-state index contributed by atoms with van der Waals surface area (Å²) >= 11 is 0. The van der Waals surface area contributed by atoms with Gasteiger partial charge in [-0.2, -0.15) is 0 Å². The van der Waals surface area contributed by atoms with Crippen LogP contribution in [0, 0.1) is 0 Å². The first-order chi connectivity index (χ1) is 13.5. The van der Waals surface area contributed by atoms with Crippen molar-refractivity contribution >= 4 is 23.5 Å². The van der Waals surface area contributed by atoms with Crippen LogP contribution in [-0.2, 0) is 6.42 Å². The molecule has 1 spiro atoms. The van der Waals surface area contributed by atoms with Gasteiger partial charge in [-0.3, -0.25) is 9.59 Å². The summed E-state index contributed by atoms with van der Waals surface area (Å²) in [5, 5.41) is 9.61. The fourth-order valence-corrected chi connectivity index (χ4v) is 4.74. The molecule has 2 aromatic rings. The highest BCUT2D eigenvalue weighted by atomic mass is 16.5. The molecule has 3 aliphatic rings. The van der Waals surface area contributed by atoms with E-state index in [1.807, 2.05) is 0 Å². The number of hydrogen-bond donors (Lipinski definition) is 1. The number of anilines is 1. The summed E-state index contributed by atoms with van der Waals surface area (Å²) in [4.78, 5) is 38.8. The minimum Gasteiger partial charge on any atom is -0.486 e. The molecule has 0 aromatic heterocycles. The van der Waals surface area contributed by atoms with Crippen LogP contribution in [0.3, 0.4) is 0 Å². The molecule has 5 rings (SSSR count). The van der Waals surface area contributed by atoms with Gasteiger partial charge in [-0.05, 0) is 49.9 Å². The van der Waals surface area contributed by atoms with Crippen LogP contribution < -0.4 is 9.64 Å². The van der Waals surface area contributed by atoms with Crippen molar-refractivity contribution in [1.82, 2.24) is 0 Å². The molecule has 2 aliphatic heterocycles. The lowest BCUT2D eigenvalue weighted by molar-refractivity contribution is 0.0496. The zero-order valence-electron chi connectivity index (χ0n) is 15.2. The highest BCUT2D eigenvalue weighted by molar-refractivity contribution is 6.34. The number of amides is 2. The number of benzene rings is 2. The molecular weight excluding hydrogens is 358 g/mol. The Labute approximate surface area is 161 Å². The minimum atomic E-state index is -1.07. The average molecular weight is 377 g/mol. The third-order valence-electron chi connectivity index (χ3n) is 6.08. The Morgan fingerprint density at radius 1 is 0.964 bits per heavy atom. The maximum absolute atomic E-state index is 12.9. The number of nitrogens with zero attached hydrogens (tertiary/aromatic N) is 1. The molecular formula is C22H19NO5. The van der Waals surface area contributed by atoms with Gasteiger partial charge in [0.05, 0.1) is 16.8 Å². The number of carbonyl (C=O) groups excluding carboxylic acids is 2. The van der Waals surface area contributed by atoms with E-state index in [0.717, 1.165) is 32.1 Å². The monoisotopic (exact) mass is 377 g/mol. The van der Waals surface area contributed by atoms with E-state index in [9.17, 15) is 19.5 Å². The summed E-state index contributed by atoms with van der Waals surface area (Å²) in [6.07, 6.45) is 5.41. The van der Waals surface area contributed by atoms with Crippen LogP contribution in [0.15, 0.2) is 36.4 Å². The van der Waals surface area contributed by atoms with Gasteiger partial charge in [0, 0.05) is 12.0 Å². The smallest absolute Gasteiger partial charge is 0.339 e. The highest BCUT2D eigenvalue weighted by Gasteiger charge is 2.46. The largest absolute Gasteiger partial charge is 0.486 e. The average Bonchev–Trinajstić information content (AvgIpc) is 3.17. The molecule has 0 saturated heterocycles. The summed E-state index contributed by atoms with van der Waals surface area (Å²) in [5.74, 6) is -1.52. The predicted molar refractivity (Wildman–Crippen MR) is 101 cm³/mol. The number of hydrogen-bond acceptors (Lipinski definition) is 4. The van der Waals surface area contributed by atoms with E-state index in [2.05, 4.69) is 0 Å². The molecule has 0 unspecified atom stereocenters. The molecule has 2 aromatic carbocycles. The molecule has 0 atom stereocenters. The zero-order valence-corrected chi connectivity index (χ0v) is 15.2. The van der Waals surface area contributed by atoms with Crippen LogP contribution in [-0.4, -0.2) is 28.5 Å². The zero-order chi connectivity index (χ0) is 19.5. The maximum Gasteiger partial charge on any atom is 0.339 e. The van der Waals surface area contributed by atoms with Gasteiger partial charge in [0.2, 0.25) is 0 Å². The van der Waals surface area contributed by atoms with Gasteiger partial charge in [0.1, 0.15) is 16.9 Å². The van der Waals surface area contributed by atoms with Gasteiger partial charge >= 0.3 is 5.97 Å². The lowest BCUT2D eigenvalue weighted by Gasteiger charge is -2.32. The van der Waals surface area contributed by atoms with E-state index < -0.39 is 11.6 Å². The molecule has 2 heterocycles. The van der Waals surface area contributed by atoms with Crippen LogP contribution in [0.5, 0.6) is 5.75 Å². The summed E-state index contributed by atoms with van der Waals surface area (Å²) in [6, 6.07) is 9.73. The van der Waals surface area contributed by atoms with Crippen LogP contribution in [0.25, 0.3) is 0 Å². The number of rotatable bonds is 2. The number of carboxylic acids is 1. The van der Waals surface area contributed by atoms with Crippen molar-refractivity contribution in [2.75, 3.05) is 4.90 Å². The van der Waals surface area contributed by atoms with E-state index >= 15 is 0 Å². The third-order valence-corrected chi connectivity index (χ3v) is 6.08. The van der Waals surface area contributed by atoms with Crippen molar-refractivity contribution in [2.45, 2.75) is 44.1 Å². The molecule has 1 N–H and O–H groups in total. The van der Waals surface area contributed by atoms with Crippen molar-refractivity contribution in [1.29, 1.82) is 0 Å². The number of ether oxygens (including phenoxy) is 1. The minimum absolute atomic E-state index is 0.0813. The lowest BCUT2D eigenvalue weighted by Crippen LogP contribution is -2.37. The Bertz CT molecular complexity index is 1000. The van der Waals surface area contributed by atoms with Crippen molar-refractivity contribution in [2.24, 2.45) is 0 Å². The summed E-state index contributed by atoms with van der Waals surface area (Å²) < 4.78 is 6.25. The molecule has 2 amide bonds. The van der Waals surface area contributed by atoms with E-state index in [0.29, 0.717) is 34.5 Å².